The summed E-state index contributed by atoms with van der Waals surface area (Å²) in [5, 5.41) is 5.94. The third-order valence-corrected chi connectivity index (χ3v) is 5.88. The van der Waals surface area contributed by atoms with Crippen LogP contribution in [0.5, 0.6) is 0 Å². The zero-order valence-corrected chi connectivity index (χ0v) is 17.0. The van der Waals surface area contributed by atoms with Gasteiger partial charge in [-0.1, -0.05) is 35.9 Å². The van der Waals surface area contributed by atoms with E-state index in [1.54, 1.807) is 16.7 Å². The highest BCUT2D eigenvalue weighted by Gasteiger charge is 2.27. The number of nitrogens with zero attached hydrogens (tertiary/aromatic N) is 1. The SMILES string of the molecule is Cc1ccc(SCCNC(=O)C2CCN(C(=O)Nc3ccccc3)CC2)cc1. The molecule has 1 aliphatic heterocycles. The third kappa shape index (κ3) is 6.02. The molecule has 28 heavy (non-hydrogen) atoms. The Kier molecular flexibility index (Phi) is 7.37. The van der Waals surface area contributed by atoms with Gasteiger partial charge in [-0.15, -0.1) is 11.8 Å². The molecular formula is C22H27N3O2S. The van der Waals surface area contributed by atoms with Crippen molar-refractivity contribution >= 4 is 29.4 Å². The molecule has 3 rings (SSSR count). The van der Waals surface area contributed by atoms with Crippen LogP contribution in [0.2, 0.25) is 0 Å². The predicted molar refractivity (Wildman–Crippen MR) is 115 cm³/mol. The summed E-state index contributed by atoms with van der Waals surface area (Å²) in [6.45, 7) is 3.95. The lowest BCUT2D eigenvalue weighted by Gasteiger charge is -2.31. The largest absolute Gasteiger partial charge is 0.355 e. The smallest absolute Gasteiger partial charge is 0.321 e. The normalized spacial score (nSPS) is 14.5. The van der Waals surface area contributed by atoms with Crippen molar-refractivity contribution in [2.75, 3.05) is 30.7 Å². The number of anilines is 1. The van der Waals surface area contributed by atoms with Crippen molar-refractivity contribution < 1.29 is 9.59 Å². The first-order valence-electron chi connectivity index (χ1n) is 9.70. The first-order valence-corrected chi connectivity index (χ1v) is 10.7. The van der Waals surface area contributed by atoms with E-state index in [0.717, 1.165) is 11.4 Å². The zero-order valence-electron chi connectivity index (χ0n) is 16.2. The van der Waals surface area contributed by atoms with E-state index in [9.17, 15) is 9.59 Å². The molecule has 0 saturated carbocycles. The summed E-state index contributed by atoms with van der Waals surface area (Å²) < 4.78 is 0. The molecule has 1 aliphatic rings. The minimum absolute atomic E-state index is 0.00912. The van der Waals surface area contributed by atoms with E-state index in [1.807, 2.05) is 30.3 Å². The van der Waals surface area contributed by atoms with Crippen LogP contribution >= 0.6 is 11.8 Å². The molecule has 0 atom stereocenters. The number of carbonyl (C=O) groups is 2. The van der Waals surface area contributed by atoms with Crippen LogP contribution < -0.4 is 10.6 Å². The van der Waals surface area contributed by atoms with Crippen LogP contribution in [0.3, 0.4) is 0 Å². The number of likely N-dealkylation sites (tertiary alicyclic amines) is 1. The highest BCUT2D eigenvalue weighted by atomic mass is 32.2. The molecule has 2 aromatic carbocycles. The van der Waals surface area contributed by atoms with Crippen molar-refractivity contribution in [1.82, 2.24) is 10.2 Å². The predicted octanol–water partition coefficient (Wildman–Crippen LogP) is 4.15. The van der Waals surface area contributed by atoms with Gasteiger partial charge in [-0.05, 0) is 44.0 Å². The van der Waals surface area contributed by atoms with E-state index in [-0.39, 0.29) is 17.9 Å². The zero-order chi connectivity index (χ0) is 19.8. The van der Waals surface area contributed by atoms with E-state index in [0.29, 0.717) is 32.5 Å². The lowest BCUT2D eigenvalue weighted by molar-refractivity contribution is -0.126. The van der Waals surface area contributed by atoms with Gasteiger partial charge in [-0.2, -0.15) is 0 Å². The summed E-state index contributed by atoms with van der Waals surface area (Å²) in [7, 11) is 0. The average Bonchev–Trinajstić information content (AvgIpc) is 2.73. The van der Waals surface area contributed by atoms with Crippen molar-refractivity contribution in [2.45, 2.75) is 24.7 Å². The Morgan fingerprint density at radius 1 is 1.04 bits per heavy atom. The number of hydrogen-bond donors (Lipinski definition) is 2. The molecule has 0 bridgehead atoms. The molecule has 2 aromatic rings. The number of amides is 3. The monoisotopic (exact) mass is 397 g/mol. The Labute approximate surface area is 170 Å². The highest BCUT2D eigenvalue weighted by molar-refractivity contribution is 7.99. The number of urea groups is 1. The Balaban J connectivity index is 1.34. The third-order valence-electron chi connectivity index (χ3n) is 4.87. The van der Waals surface area contributed by atoms with Crippen LogP contribution in [0.25, 0.3) is 0 Å². The van der Waals surface area contributed by atoms with Gasteiger partial charge in [0.05, 0.1) is 0 Å². The van der Waals surface area contributed by atoms with Crippen molar-refractivity contribution in [3.05, 3.63) is 60.2 Å². The van der Waals surface area contributed by atoms with E-state index < -0.39 is 0 Å². The molecule has 1 heterocycles. The van der Waals surface area contributed by atoms with Crippen molar-refractivity contribution in [1.29, 1.82) is 0 Å². The number of carbonyl (C=O) groups excluding carboxylic acids is 2. The van der Waals surface area contributed by atoms with Crippen LogP contribution in [0.15, 0.2) is 59.5 Å². The van der Waals surface area contributed by atoms with Gasteiger partial charge in [0.1, 0.15) is 0 Å². The molecular weight excluding hydrogens is 370 g/mol. The van der Waals surface area contributed by atoms with Gasteiger partial charge in [0, 0.05) is 41.9 Å². The van der Waals surface area contributed by atoms with Gasteiger partial charge >= 0.3 is 6.03 Å². The van der Waals surface area contributed by atoms with E-state index >= 15 is 0 Å². The molecule has 2 N–H and O–H groups in total. The number of thioether (sulfide) groups is 1. The lowest BCUT2D eigenvalue weighted by atomic mass is 9.96. The lowest BCUT2D eigenvalue weighted by Crippen LogP contribution is -2.44. The minimum Gasteiger partial charge on any atom is -0.355 e. The number of hydrogen-bond acceptors (Lipinski definition) is 3. The number of para-hydroxylation sites is 1. The molecule has 1 saturated heterocycles. The van der Waals surface area contributed by atoms with Gasteiger partial charge < -0.3 is 15.5 Å². The van der Waals surface area contributed by atoms with Crippen molar-refractivity contribution in [2.24, 2.45) is 5.92 Å². The molecule has 0 radical (unpaired) electrons. The second-order valence-electron chi connectivity index (χ2n) is 7.01. The maximum absolute atomic E-state index is 12.4. The average molecular weight is 398 g/mol. The molecule has 0 spiro atoms. The standard InChI is InChI=1S/C22H27N3O2S/c1-17-7-9-20(10-8-17)28-16-13-23-21(26)18-11-14-25(15-12-18)22(27)24-19-5-3-2-4-6-19/h2-10,18H,11-16H2,1H3,(H,23,26)(H,24,27). The maximum atomic E-state index is 12.4. The van der Waals surface area contributed by atoms with Crippen LogP contribution in [-0.4, -0.2) is 42.2 Å². The molecule has 0 aliphatic carbocycles. The number of nitrogens with one attached hydrogen (secondary N) is 2. The van der Waals surface area contributed by atoms with E-state index in [4.69, 9.17) is 0 Å². The molecule has 5 nitrogen and oxygen atoms in total. The molecule has 3 amide bonds. The van der Waals surface area contributed by atoms with Gasteiger partial charge in [0.15, 0.2) is 0 Å². The molecule has 1 fully saturated rings. The van der Waals surface area contributed by atoms with Gasteiger partial charge in [-0.3, -0.25) is 4.79 Å². The Bertz CT molecular complexity index is 772. The van der Waals surface area contributed by atoms with Crippen molar-refractivity contribution in [3.8, 4) is 0 Å². The van der Waals surface area contributed by atoms with E-state index in [1.165, 1.54) is 10.5 Å². The first kappa shape index (κ1) is 20.3. The quantitative estimate of drug-likeness (QED) is 0.569. The fourth-order valence-corrected chi connectivity index (χ4v) is 3.96. The van der Waals surface area contributed by atoms with Crippen LogP contribution in [0.4, 0.5) is 10.5 Å². The first-order chi connectivity index (χ1) is 13.6. The summed E-state index contributed by atoms with van der Waals surface area (Å²) in [5.41, 5.74) is 2.04. The summed E-state index contributed by atoms with van der Waals surface area (Å²) in [5.74, 6) is 0.949. The molecule has 148 valence electrons. The minimum atomic E-state index is -0.0976. The summed E-state index contributed by atoms with van der Waals surface area (Å²) >= 11 is 1.75. The van der Waals surface area contributed by atoms with Crippen molar-refractivity contribution in [3.63, 3.8) is 0 Å². The summed E-state index contributed by atoms with van der Waals surface area (Å²) in [6, 6.07) is 17.8. The fraction of sp³-hybridized carbons (Fsp3) is 0.364. The number of piperidine rings is 1. The van der Waals surface area contributed by atoms with Gasteiger partial charge in [-0.25, -0.2) is 4.79 Å². The Morgan fingerprint density at radius 2 is 1.71 bits per heavy atom. The fourth-order valence-electron chi connectivity index (χ4n) is 3.19. The van der Waals surface area contributed by atoms with Crippen LogP contribution in [0, 0.1) is 12.8 Å². The second kappa shape index (κ2) is 10.2. The van der Waals surface area contributed by atoms with Gasteiger partial charge in [0.2, 0.25) is 5.91 Å². The highest BCUT2D eigenvalue weighted by Crippen LogP contribution is 2.20. The van der Waals surface area contributed by atoms with E-state index in [2.05, 4.69) is 41.8 Å². The second-order valence-corrected chi connectivity index (χ2v) is 8.18. The van der Waals surface area contributed by atoms with Crippen LogP contribution in [0.1, 0.15) is 18.4 Å². The molecule has 0 unspecified atom stereocenters. The number of benzene rings is 2. The van der Waals surface area contributed by atoms with Crippen LogP contribution in [-0.2, 0) is 4.79 Å². The van der Waals surface area contributed by atoms with Gasteiger partial charge in [0.25, 0.3) is 0 Å². The Hall–Kier alpha value is -2.47. The number of aryl methyl sites for hydroxylation is 1. The molecule has 0 aromatic heterocycles. The number of rotatable bonds is 6. The maximum Gasteiger partial charge on any atom is 0.321 e. The molecule has 6 heteroatoms. The Morgan fingerprint density at radius 3 is 2.39 bits per heavy atom. The summed E-state index contributed by atoms with van der Waals surface area (Å²) in [6.07, 6.45) is 1.41. The summed E-state index contributed by atoms with van der Waals surface area (Å²) in [4.78, 5) is 27.7. The topological polar surface area (TPSA) is 61.4 Å².